The van der Waals surface area contributed by atoms with Crippen LogP contribution in [0.5, 0.6) is 0 Å². The number of nitrogens with zero attached hydrogens (tertiary/aromatic N) is 2. The molecule has 0 unspecified atom stereocenters. The highest BCUT2D eigenvalue weighted by Gasteiger charge is 2.05. The summed E-state index contributed by atoms with van der Waals surface area (Å²) >= 11 is 5.86. The highest BCUT2D eigenvalue weighted by atomic mass is 35.5. The van der Waals surface area contributed by atoms with E-state index in [0.29, 0.717) is 5.88 Å². The van der Waals surface area contributed by atoms with E-state index in [1.807, 2.05) is 13.0 Å². The normalized spacial score (nSPS) is 10.9. The monoisotopic (exact) mass is 240 g/mol. The Bertz CT molecular complexity index is 337. The Morgan fingerprint density at radius 2 is 2.06 bits per heavy atom. The molecular formula is C13H21ClN2. The number of hydrogen-bond acceptors (Lipinski definition) is 2. The molecule has 1 rings (SSSR count). The van der Waals surface area contributed by atoms with Crippen molar-refractivity contribution in [2.75, 3.05) is 18.5 Å². The van der Waals surface area contributed by atoms with Crippen molar-refractivity contribution in [2.24, 2.45) is 5.92 Å². The molecule has 1 aromatic rings. The Balaban J connectivity index is 2.74. The average molecular weight is 241 g/mol. The van der Waals surface area contributed by atoms with Gasteiger partial charge in [0, 0.05) is 25.2 Å². The topological polar surface area (TPSA) is 16.1 Å². The summed E-state index contributed by atoms with van der Waals surface area (Å²) in [5.74, 6) is 2.30. The first-order chi connectivity index (χ1) is 7.52. The second-order valence-electron chi connectivity index (χ2n) is 4.71. The first kappa shape index (κ1) is 13.3. The van der Waals surface area contributed by atoms with Crippen molar-refractivity contribution in [3.8, 4) is 0 Å². The lowest BCUT2D eigenvalue weighted by atomic mass is 10.1. The largest absolute Gasteiger partial charge is 0.360 e. The summed E-state index contributed by atoms with van der Waals surface area (Å²) in [5, 5.41) is 0. The van der Waals surface area contributed by atoms with E-state index >= 15 is 0 Å². The van der Waals surface area contributed by atoms with Crippen molar-refractivity contribution < 1.29 is 0 Å². The molecule has 0 aliphatic carbocycles. The molecular weight excluding hydrogens is 220 g/mol. The van der Waals surface area contributed by atoms with Gasteiger partial charge in [0.15, 0.2) is 0 Å². The van der Waals surface area contributed by atoms with E-state index in [0.717, 1.165) is 29.5 Å². The zero-order chi connectivity index (χ0) is 12.1. The van der Waals surface area contributed by atoms with Gasteiger partial charge in [0.2, 0.25) is 0 Å². The van der Waals surface area contributed by atoms with Crippen LogP contribution in [0.15, 0.2) is 12.1 Å². The van der Waals surface area contributed by atoms with Crippen molar-refractivity contribution in [3.63, 3.8) is 0 Å². The van der Waals surface area contributed by atoms with Gasteiger partial charge in [0.25, 0.3) is 0 Å². The Labute approximate surface area is 104 Å². The van der Waals surface area contributed by atoms with Gasteiger partial charge in [-0.1, -0.05) is 13.8 Å². The van der Waals surface area contributed by atoms with E-state index < -0.39 is 0 Å². The molecule has 0 spiro atoms. The number of anilines is 1. The number of rotatable bonds is 5. The number of pyridine rings is 1. The molecule has 0 amide bonds. The number of aromatic nitrogens is 1. The van der Waals surface area contributed by atoms with Crippen molar-refractivity contribution in [2.45, 2.75) is 33.1 Å². The van der Waals surface area contributed by atoms with Crippen LogP contribution in [0.4, 0.5) is 5.82 Å². The third kappa shape index (κ3) is 4.01. The minimum Gasteiger partial charge on any atom is -0.360 e. The quantitative estimate of drug-likeness (QED) is 0.731. The molecule has 0 bridgehead atoms. The molecule has 0 radical (unpaired) electrons. The van der Waals surface area contributed by atoms with Crippen LogP contribution in [-0.2, 0) is 5.88 Å². The smallest absolute Gasteiger partial charge is 0.128 e. The van der Waals surface area contributed by atoms with E-state index in [1.165, 1.54) is 6.42 Å². The molecule has 0 atom stereocenters. The molecule has 16 heavy (non-hydrogen) atoms. The summed E-state index contributed by atoms with van der Waals surface area (Å²) in [6, 6.07) is 4.10. The van der Waals surface area contributed by atoms with Crippen LogP contribution in [-0.4, -0.2) is 18.6 Å². The van der Waals surface area contributed by atoms with Gasteiger partial charge in [0.05, 0.1) is 0 Å². The van der Waals surface area contributed by atoms with Gasteiger partial charge >= 0.3 is 0 Å². The highest BCUT2D eigenvalue weighted by molar-refractivity contribution is 6.17. The van der Waals surface area contributed by atoms with Crippen LogP contribution in [0.2, 0.25) is 0 Å². The number of hydrogen-bond donors (Lipinski definition) is 0. The Morgan fingerprint density at radius 3 is 2.62 bits per heavy atom. The van der Waals surface area contributed by atoms with Gasteiger partial charge in [-0.25, -0.2) is 4.98 Å². The molecule has 0 aromatic carbocycles. The van der Waals surface area contributed by atoms with Crippen LogP contribution in [0.25, 0.3) is 0 Å². The zero-order valence-corrected chi connectivity index (χ0v) is 11.4. The second kappa shape index (κ2) is 6.09. The minimum atomic E-state index is 0.550. The van der Waals surface area contributed by atoms with Gasteiger partial charge in [-0.05, 0) is 37.0 Å². The fourth-order valence-corrected chi connectivity index (χ4v) is 1.71. The molecule has 0 aliphatic rings. The lowest BCUT2D eigenvalue weighted by Gasteiger charge is -2.20. The van der Waals surface area contributed by atoms with Crippen molar-refractivity contribution in [1.29, 1.82) is 0 Å². The van der Waals surface area contributed by atoms with E-state index in [9.17, 15) is 0 Å². The summed E-state index contributed by atoms with van der Waals surface area (Å²) in [6.07, 6.45) is 1.18. The molecule has 2 nitrogen and oxygen atoms in total. The molecule has 0 fully saturated rings. The summed E-state index contributed by atoms with van der Waals surface area (Å²) in [6.45, 7) is 7.52. The van der Waals surface area contributed by atoms with E-state index in [2.05, 4.69) is 36.8 Å². The summed E-state index contributed by atoms with van der Waals surface area (Å²) in [5.41, 5.74) is 2.17. The Hall–Kier alpha value is -0.760. The number of halogens is 1. The van der Waals surface area contributed by atoms with E-state index in [-0.39, 0.29) is 0 Å². The zero-order valence-electron chi connectivity index (χ0n) is 10.6. The van der Waals surface area contributed by atoms with Crippen LogP contribution in [0.1, 0.15) is 31.5 Å². The van der Waals surface area contributed by atoms with Crippen LogP contribution >= 0.6 is 11.6 Å². The molecule has 1 aromatic heterocycles. The summed E-state index contributed by atoms with van der Waals surface area (Å²) < 4.78 is 0. The molecule has 0 saturated heterocycles. The predicted octanol–water partition coefficient (Wildman–Crippen LogP) is 3.61. The first-order valence-corrected chi connectivity index (χ1v) is 6.31. The lowest BCUT2D eigenvalue weighted by molar-refractivity contribution is 0.583. The minimum absolute atomic E-state index is 0.550. The Kier molecular flexibility index (Phi) is 5.07. The summed E-state index contributed by atoms with van der Waals surface area (Å²) in [7, 11) is 2.09. The molecule has 0 N–H and O–H groups in total. The first-order valence-electron chi connectivity index (χ1n) is 5.77. The van der Waals surface area contributed by atoms with Gasteiger partial charge in [-0.2, -0.15) is 0 Å². The van der Waals surface area contributed by atoms with Crippen LogP contribution in [0, 0.1) is 12.8 Å². The fraction of sp³-hybridized carbons (Fsp3) is 0.615. The predicted molar refractivity (Wildman–Crippen MR) is 71.3 cm³/mol. The molecule has 0 saturated carbocycles. The molecule has 3 heteroatoms. The van der Waals surface area contributed by atoms with Crippen molar-refractivity contribution in [1.82, 2.24) is 4.98 Å². The maximum absolute atomic E-state index is 5.86. The maximum Gasteiger partial charge on any atom is 0.128 e. The van der Waals surface area contributed by atoms with E-state index in [4.69, 9.17) is 11.6 Å². The average Bonchev–Trinajstić information content (AvgIpc) is 2.24. The van der Waals surface area contributed by atoms with E-state index in [1.54, 1.807) is 0 Å². The number of alkyl halides is 1. The van der Waals surface area contributed by atoms with Crippen LogP contribution < -0.4 is 4.90 Å². The van der Waals surface area contributed by atoms with Crippen molar-refractivity contribution in [3.05, 3.63) is 23.4 Å². The molecule has 0 aliphatic heterocycles. The third-order valence-electron chi connectivity index (χ3n) is 2.59. The van der Waals surface area contributed by atoms with Gasteiger partial charge < -0.3 is 4.90 Å². The molecule has 90 valence electrons. The summed E-state index contributed by atoms with van der Waals surface area (Å²) in [4.78, 5) is 6.72. The second-order valence-corrected chi connectivity index (χ2v) is 4.98. The number of aryl methyl sites for hydroxylation is 1. The SMILES string of the molecule is Cc1cc(CCl)cc(N(C)CCC(C)C)n1. The highest BCUT2D eigenvalue weighted by Crippen LogP contribution is 2.16. The van der Waals surface area contributed by atoms with Gasteiger partial charge in [-0.3, -0.25) is 0 Å². The standard InChI is InChI=1S/C13H21ClN2/c1-10(2)5-6-16(4)13-8-12(9-14)7-11(3)15-13/h7-8,10H,5-6,9H2,1-4H3. The molecule has 1 heterocycles. The Morgan fingerprint density at radius 1 is 1.38 bits per heavy atom. The van der Waals surface area contributed by atoms with Gasteiger partial charge in [0.1, 0.15) is 5.82 Å². The fourth-order valence-electron chi connectivity index (χ4n) is 1.56. The maximum atomic E-state index is 5.86. The van der Waals surface area contributed by atoms with Crippen molar-refractivity contribution >= 4 is 17.4 Å². The van der Waals surface area contributed by atoms with Gasteiger partial charge in [-0.15, -0.1) is 11.6 Å². The van der Waals surface area contributed by atoms with Crippen LogP contribution in [0.3, 0.4) is 0 Å². The lowest BCUT2D eigenvalue weighted by Crippen LogP contribution is -2.21. The third-order valence-corrected chi connectivity index (χ3v) is 2.90.